The number of halogens is 2. The highest BCUT2D eigenvalue weighted by atomic mass is 32.2. The van der Waals surface area contributed by atoms with E-state index < -0.39 is 22.0 Å². The predicted octanol–water partition coefficient (Wildman–Crippen LogP) is 0.112. The monoisotopic (exact) mass is 298 g/mol. The van der Waals surface area contributed by atoms with Crippen molar-refractivity contribution in [1.29, 1.82) is 0 Å². The van der Waals surface area contributed by atoms with Crippen LogP contribution in [0.5, 0.6) is 0 Å². The van der Waals surface area contributed by atoms with E-state index in [1.165, 1.54) is 4.31 Å². The van der Waals surface area contributed by atoms with Crippen molar-refractivity contribution < 1.29 is 22.3 Å². The van der Waals surface area contributed by atoms with Crippen LogP contribution >= 0.6 is 0 Å². The van der Waals surface area contributed by atoms with Gasteiger partial charge in [0.25, 0.3) is 5.92 Å². The molecule has 8 heteroatoms. The lowest BCUT2D eigenvalue weighted by Gasteiger charge is -2.36. The van der Waals surface area contributed by atoms with Gasteiger partial charge in [0, 0.05) is 39.0 Å². The quantitative estimate of drug-likeness (QED) is 0.803. The van der Waals surface area contributed by atoms with Crippen LogP contribution in [0.15, 0.2) is 0 Å². The molecule has 0 bridgehead atoms. The molecule has 0 aromatic heterocycles. The van der Waals surface area contributed by atoms with Crippen molar-refractivity contribution in [1.82, 2.24) is 9.21 Å². The summed E-state index contributed by atoms with van der Waals surface area (Å²) in [6, 6.07) is -0.363. The zero-order chi connectivity index (χ0) is 14.3. The lowest BCUT2D eigenvalue weighted by molar-refractivity contribution is -0.0697. The van der Waals surface area contributed by atoms with Crippen molar-refractivity contribution in [3.05, 3.63) is 0 Å². The minimum Gasteiger partial charge on any atom is -0.390 e. The zero-order valence-electron chi connectivity index (χ0n) is 10.9. The average molecular weight is 298 g/mol. The van der Waals surface area contributed by atoms with E-state index in [1.807, 2.05) is 0 Å². The van der Waals surface area contributed by atoms with Crippen molar-refractivity contribution in [2.24, 2.45) is 0 Å². The number of alkyl halides is 2. The first-order valence-corrected chi connectivity index (χ1v) is 8.14. The van der Waals surface area contributed by atoms with E-state index in [2.05, 4.69) is 0 Å². The maximum Gasteiger partial charge on any atom is 0.250 e. The number of aliphatic hydroxyl groups is 1. The van der Waals surface area contributed by atoms with Crippen LogP contribution in [0.25, 0.3) is 0 Å². The Bertz CT molecular complexity index is 420. The first kappa shape index (κ1) is 15.1. The molecule has 5 nitrogen and oxygen atoms in total. The van der Waals surface area contributed by atoms with Gasteiger partial charge in [0.15, 0.2) is 0 Å². The van der Waals surface area contributed by atoms with Crippen molar-refractivity contribution in [2.75, 3.05) is 31.9 Å². The summed E-state index contributed by atoms with van der Waals surface area (Å²) in [5.41, 5.74) is 0. The molecule has 0 radical (unpaired) electrons. The van der Waals surface area contributed by atoms with Crippen molar-refractivity contribution in [2.45, 2.75) is 37.8 Å². The molecule has 19 heavy (non-hydrogen) atoms. The number of hydrogen-bond donors (Lipinski definition) is 1. The molecular formula is C11H20F2N2O3S. The van der Waals surface area contributed by atoms with Crippen molar-refractivity contribution in [3.63, 3.8) is 0 Å². The first-order chi connectivity index (χ1) is 8.75. The summed E-state index contributed by atoms with van der Waals surface area (Å²) in [6.45, 7) is 2.22. The van der Waals surface area contributed by atoms with Gasteiger partial charge in [-0.25, -0.2) is 17.2 Å². The number of likely N-dealkylation sites (tertiary alicyclic amines) is 1. The number of β-amino-alcohol motifs (C(OH)–C–C–N with tert-alkyl or cyclic N) is 1. The number of nitrogens with zero attached hydrogens (tertiary/aromatic N) is 2. The third kappa shape index (κ3) is 3.24. The van der Waals surface area contributed by atoms with Crippen molar-refractivity contribution >= 4 is 10.0 Å². The van der Waals surface area contributed by atoms with Crippen LogP contribution in [0.1, 0.15) is 19.8 Å². The predicted molar refractivity (Wildman–Crippen MR) is 66.6 cm³/mol. The summed E-state index contributed by atoms with van der Waals surface area (Å²) in [5, 5.41) is 9.97. The van der Waals surface area contributed by atoms with Gasteiger partial charge in [-0.3, -0.25) is 4.90 Å². The summed E-state index contributed by atoms with van der Waals surface area (Å²) < 4.78 is 50.9. The van der Waals surface area contributed by atoms with Crippen LogP contribution in [-0.4, -0.2) is 72.7 Å². The SMILES string of the molecule is CCS(=O)(=O)N1C[C@@H](O)[C@H](N2CCC(F)(F)CC2)C1. The number of piperidine rings is 1. The second-order valence-electron chi connectivity index (χ2n) is 5.24. The minimum atomic E-state index is -3.33. The summed E-state index contributed by atoms with van der Waals surface area (Å²) in [5.74, 6) is -2.64. The van der Waals surface area contributed by atoms with Crippen LogP contribution in [0.4, 0.5) is 8.78 Å². The van der Waals surface area contributed by atoms with Gasteiger partial charge in [0.05, 0.1) is 17.9 Å². The highest BCUT2D eigenvalue weighted by molar-refractivity contribution is 7.89. The molecule has 0 aliphatic carbocycles. The van der Waals surface area contributed by atoms with Gasteiger partial charge in [-0.1, -0.05) is 0 Å². The van der Waals surface area contributed by atoms with Gasteiger partial charge < -0.3 is 5.11 Å². The highest BCUT2D eigenvalue weighted by Crippen LogP contribution is 2.30. The fourth-order valence-electron chi connectivity index (χ4n) is 2.69. The topological polar surface area (TPSA) is 60.9 Å². The summed E-state index contributed by atoms with van der Waals surface area (Å²) in [6.07, 6.45) is -1.25. The Morgan fingerprint density at radius 2 is 1.84 bits per heavy atom. The Balaban J connectivity index is 1.99. The van der Waals surface area contributed by atoms with Gasteiger partial charge in [0.1, 0.15) is 0 Å². The van der Waals surface area contributed by atoms with Gasteiger partial charge in [-0.2, -0.15) is 4.31 Å². The lowest BCUT2D eigenvalue weighted by atomic mass is 10.0. The third-order valence-electron chi connectivity index (χ3n) is 3.98. The van der Waals surface area contributed by atoms with E-state index in [0.29, 0.717) is 0 Å². The van der Waals surface area contributed by atoms with Crippen LogP contribution in [0.2, 0.25) is 0 Å². The number of rotatable bonds is 3. The van der Waals surface area contributed by atoms with Gasteiger partial charge in [-0.05, 0) is 6.92 Å². The zero-order valence-corrected chi connectivity index (χ0v) is 11.7. The molecule has 1 N–H and O–H groups in total. The van der Waals surface area contributed by atoms with Gasteiger partial charge in [-0.15, -0.1) is 0 Å². The molecule has 2 rings (SSSR count). The number of hydrogen-bond acceptors (Lipinski definition) is 4. The maximum atomic E-state index is 13.1. The first-order valence-electron chi connectivity index (χ1n) is 6.53. The van der Waals surface area contributed by atoms with E-state index in [4.69, 9.17) is 0 Å². The maximum absolute atomic E-state index is 13.1. The second kappa shape index (κ2) is 5.23. The molecule has 0 aromatic carbocycles. The number of aliphatic hydroxyl groups excluding tert-OH is 1. The molecule has 2 saturated heterocycles. The van der Waals surface area contributed by atoms with Crippen LogP contribution in [-0.2, 0) is 10.0 Å². The molecule has 112 valence electrons. The third-order valence-corrected chi connectivity index (χ3v) is 5.80. The molecule has 0 amide bonds. The van der Waals surface area contributed by atoms with Gasteiger partial charge >= 0.3 is 0 Å². The average Bonchev–Trinajstić information content (AvgIpc) is 2.72. The van der Waals surface area contributed by atoms with E-state index in [-0.39, 0.29) is 50.8 Å². The minimum absolute atomic E-state index is 0.00941. The van der Waals surface area contributed by atoms with Crippen LogP contribution < -0.4 is 0 Å². The Labute approximate surface area is 112 Å². The summed E-state index contributed by atoms with van der Waals surface area (Å²) in [7, 11) is -3.33. The molecular weight excluding hydrogens is 278 g/mol. The molecule has 0 aromatic rings. The largest absolute Gasteiger partial charge is 0.390 e. The number of sulfonamides is 1. The molecule has 2 atom stereocenters. The lowest BCUT2D eigenvalue weighted by Crippen LogP contribution is -2.49. The molecule has 2 fully saturated rings. The fourth-order valence-corrected chi connectivity index (χ4v) is 3.81. The summed E-state index contributed by atoms with van der Waals surface area (Å²) in [4.78, 5) is 1.78. The van der Waals surface area contributed by atoms with E-state index in [9.17, 15) is 22.3 Å². The van der Waals surface area contributed by atoms with Crippen molar-refractivity contribution in [3.8, 4) is 0 Å². The normalized spacial score (nSPS) is 33.7. The Kier molecular flexibility index (Phi) is 4.15. The molecule has 0 spiro atoms. The standard InChI is InChI=1S/C11H20F2N2O3S/c1-2-19(17,18)15-7-9(10(16)8-15)14-5-3-11(12,13)4-6-14/h9-10,16H,2-8H2,1H3/t9-,10-/m1/s1. The highest BCUT2D eigenvalue weighted by Gasteiger charge is 2.43. The van der Waals surface area contributed by atoms with E-state index in [1.54, 1.807) is 11.8 Å². The molecule has 2 heterocycles. The van der Waals surface area contributed by atoms with E-state index >= 15 is 0 Å². The Hall–Kier alpha value is -0.310. The smallest absolute Gasteiger partial charge is 0.250 e. The van der Waals surface area contributed by atoms with E-state index in [0.717, 1.165) is 0 Å². The van der Waals surface area contributed by atoms with Gasteiger partial charge in [0.2, 0.25) is 10.0 Å². The second-order valence-corrected chi connectivity index (χ2v) is 7.50. The van der Waals surface area contributed by atoms with Crippen LogP contribution in [0, 0.1) is 0 Å². The molecule has 2 aliphatic rings. The fraction of sp³-hybridized carbons (Fsp3) is 1.00. The Morgan fingerprint density at radius 1 is 1.26 bits per heavy atom. The van der Waals surface area contributed by atoms with Crippen LogP contribution in [0.3, 0.4) is 0 Å². The molecule has 0 saturated carbocycles. The molecule has 2 aliphatic heterocycles. The Morgan fingerprint density at radius 3 is 2.37 bits per heavy atom. The molecule has 0 unspecified atom stereocenters. The summed E-state index contributed by atoms with van der Waals surface area (Å²) >= 11 is 0.